The first-order valence-corrected chi connectivity index (χ1v) is 8.55. The molecule has 0 N–H and O–H groups in total. The topological polar surface area (TPSA) is 44.1 Å². The third-order valence-corrected chi connectivity index (χ3v) is 5.17. The van der Waals surface area contributed by atoms with Crippen LogP contribution in [-0.2, 0) is 6.18 Å². The minimum Gasteiger partial charge on any atom is -0.322 e. The molecule has 2 aromatic rings. The molecule has 25 heavy (non-hydrogen) atoms. The summed E-state index contributed by atoms with van der Waals surface area (Å²) in [7, 11) is 0. The van der Waals surface area contributed by atoms with E-state index in [1.165, 1.54) is 30.0 Å². The van der Waals surface area contributed by atoms with Gasteiger partial charge >= 0.3 is 6.18 Å². The molecule has 0 unspecified atom stereocenters. The smallest absolute Gasteiger partial charge is 0.322 e. The number of benzene rings is 2. The summed E-state index contributed by atoms with van der Waals surface area (Å²) in [6.07, 6.45) is -4.38. The van der Waals surface area contributed by atoms with Gasteiger partial charge in [0.25, 0.3) is 5.91 Å². The molecule has 0 spiro atoms. The van der Waals surface area contributed by atoms with Crippen LogP contribution < -0.4 is 0 Å². The Balaban J connectivity index is 1.85. The number of rotatable bonds is 2. The number of hydrogen-bond donors (Lipinski definition) is 0. The summed E-state index contributed by atoms with van der Waals surface area (Å²) in [5.74, 6) is 0.474. The number of alkyl halides is 3. The van der Waals surface area contributed by atoms with Gasteiger partial charge in [-0.1, -0.05) is 18.2 Å². The molecule has 0 aliphatic carbocycles. The number of halogens is 3. The highest BCUT2D eigenvalue weighted by atomic mass is 32.2. The van der Waals surface area contributed by atoms with Crippen LogP contribution in [0.5, 0.6) is 0 Å². The quantitative estimate of drug-likeness (QED) is 0.792. The van der Waals surface area contributed by atoms with Gasteiger partial charge in [0.15, 0.2) is 0 Å². The maximum Gasteiger partial charge on any atom is 0.416 e. The van der Waals surface area contributed by atoms with Gasteiger partial charge in [0.1, 0.15) is 5.37 Å². The molecule has 1 atom stereocenters. The molecular weight excluding hydrogens is 349 g/mol. The van der Waals surface area contributed by atoms with Crippen LogP contribution in [0, 0.1) is 11.3 Å². The fraction of sp³-hybridized carbons (Fsp3) is 0.222. The average Bonchev–Trinajstić information content (AvgIpc) is 3.10. The molecular formula is C18H13F3N2OS. The van der Waals surface area contributed by atoms with Gasteiger partial charge in [0, 0.05) is 17.9 Å². The largest absolute Gasteiger partial charge is 0.416 e. The number of thioether (sulfide) groups is 1. The molecule has 7 heteroatoms. The summed E-state index contributed by atoms with van der Waals surface area (Å²) in [4.78, 5) is 14.4. The lowest BCUT2D eigenvalue weighted by Crippen LogP contribution is -2.30. The Morgan fingerprint density at radius 1 is 1.20 bits per heavy atom. The number of amides is 1. The van der Waals surface area contributed by atoms with Gasteiger partial charge in [0.2, 0.25) is 0 Å². The van der Waals surface area contributed by atoms with E-state index < -0.39 is 11.7 Å². The molecule has 3 rings (SSSR count). The molecule has 1 amide bonds. The van der Waals surface area contributed by atoms with Crippen LogP contribution in [0.4, 0.5) is 13.2 Å². The second-order valence-corrected chi connectivity index (χ2v) is 6.72. The predicted octanol–water partition coefficient (Wildman–Crippen LogP) is 4.46. The summed E-state index contributed by atoms with van der Waals surface area (Å²) in [5, 5.41) is 8.63. The van der Waals surface area contributed by atoms with E-state index in [4.69, 9.17) is 5.26 Å². The third kappa shape index (κ3) is 3.64. The normalized spacial score (nSPS) is 17.4. The average molecular weight is 362 g/mol. The third-order valence-electron chi connectivity index (χ3n) is 3.91. The number of carbonyl (C=O) groups excluding carboxylic acids is 1. The lowest BCUT2D eigenvalue weighted by molar-refractivity contribution is -0.137. The minimum absolute atomic E-state index is 0.230. The highest BCUT2D eigenvalue weighted by Crippen LogP contribution is 2.40. The molecule has 0 radical (unpaired) electrons. The van der Waals surface area contributed by atoms with Crippen LogP contribution in [-0.4, -0.2) is 23.1 Å². The van der Waals surface area contributed by atoms with Crippen LogP contribution in [0.1, 0.15) is 32.4 Å². The number of nitriles is 1. The van der Waals surface area contributed by atoms with E-state index in [0.717, 1.165) is 12.1 Å². The van der Waals surface area contributed by atoms with Gasteiger partial charge < -0.3 is 4.90 Å². The fourth-order valence-electron chi connectivity index (χ4n) is 2.68. The van der Waals surface area contributed by atoms with Crippen LogP contribution in [0.25, 0.3) is 0 Å². The Bertz CT molecular complexity index is 827. The van der Waals surface area contributed by atoms with Gasteiger partial charge in [-0.2, -0.15) is 18.4 Å². The molecule has 1 fully saturated rings. The molecule has 1 aliphatic rings. The van der Waals surface area contributed by atoms with Crippen molar-refractivity contribution in [2.75, 3.05) is 12.3 Å². The SMILES string of the molecule is N#Cc1cccc(C(=O)N2CCS[C@H]2c2ccc(C(F)(F)F)cc2)c1. The first-order chi connectivity index (χ1) is 11.9. The molecule has 128 valence electrons. The monoisotopic (exact) mass is 362 g/mol. The molecule has 0 saturated carbocycles. The van der Waals surface area contributed by atoms with E-state index in [-0.39, 0.29) is 11.3 Å². The van der Waals surface area contributed by atoms with Crippen molar-refractivity contribution in [3.05, 3.63) is 70.8 Å². The van der Waals surface area contributed by atoms with Gasteiger partial charge in [-0.05, 0) is 35.9 Å². The summed E-state index contributed by atoms with van der Waals surface area (Å²) in [6, 6.07) is 13.3. The van der Waals surface area contributed by atoms with Gasteiger partial charge in [-0.3, -0.25) is 4.79 Å². The van der Waals surface area contributed by atoms with E-state index in [1.807, 2.05) is 6.07 Å². The highest BCUT2D eigenvalue weighted by Gasteiger charge is 2.33. The van der Waals surface area contributed by atoms with Crippen molar-refractivity contribution in [3.63, 3.8) is 0 Å². The van der Waals surface area contributed by atoms with E-state index >= 15 is 0 Å². The lowest BCUT2D eigenvalue weighted by atomic mass is 10.1. The van der Waals surface area contributed by atoms with Crippen molar-refractivity contribution in [2.24, 2.45) is 0 Å². The van der Waals surface area contributed by atoms with Crippen molar-refractivity contribution in [2.45, 2.75) is 11.6 Å². The molecule has 1 saturated heterocycles. The highest BCUT2D eigenvalue weighted by molar-refractivity contribution is 7.99. The summed E-state index contributed by atoms with van der Waals surface area (Å²) in [6.45, 7) is 0.506. The van der Waals surface area contributed by atoms with Crippen molar-refractivity contribution in [3.8, 4) is 6.07 Å². The maximum absolute atomic E-state index is 12.7. The van der Waals surface area contributed by atoms with Gasteiger partial charge in [-0.25, -0.2) is 0 Å². The second-order valence-electron chi connectivity index (χ2n) is 5.53. The minimum atomic E-state index is -4.38. The lowest BCUT2D eigenvalue weighted by Gasteiger charge is -2.24. The molecule has 2 aromatic carbocycles. The first-order valence-electron chi connectivity index (χ1n) is 7.50. The van der Waals surface area contributed by atoms with E-state index in [0.29, 0.717) is 29.0 Å². The van der Waals surface area contributed by atoms with Crippen molar-refractivity contribution < 1.29 is 18.0 Å². The Labute approximate surface area is 147 Å². The standard InChI is InChI=1S/C18H13F3N2OS/c19-18(20,21)15-6-4-13(5-7-15)17-23(8-9-25-17)16(24)14-3-1-2-12(10-14)11-22/h1-7,10,17H,8-9H2/t17-/m0/s1. The number of carbonyl (C=O) groups is 1. The summed E-state index contributed by atoms with van der Waals surface area (Å²) < 4.78 is 38.1. The van der Waals surface area contributed by atoms with E-state index in [2.05, 4.69) is 0 Å². The number of hydrogen-bond acceptors (Lipinski definition) is 3. The van der Waals surface area contributed by atoms with Crippen molar-refractivity contribution >= 4 is 17.7 Å². The van der Waals surface area contributed by atoms with Crippen LogP contribution in [0.2, 0.25) is 0 Å². The second kappa shape index (κ2) is 6.81. The zero-order valence-corrected chi connectivity index (χ0v) is 13.8. The van der Waals surface area contributed by atoms with Crippen molar-refractivity contribution in [1.82, 2.24) is 4.90 Å². The maximum atomic E-state index is 12.7. The Hall–Kier alpha value is -2.46. The molecule has 0 bridgehead atoms. The zero-order valence-electron chi connectivity index (χ0n) is 13.0. The van der Waals surface area contributed by atoms with E-state index in [1.54, 1.807) is 23.1 Å². The molecule has 3 nitrogen and oxygen atoms in total. The molecule has 1 aliphatic heterocycles. The summed E-state index contributed by atoms with van der Waals surface area (Å²) in [5.41, 5.74) is 0.737. The van der Waals surface area contributed by atoms with Crippen LogP contribution >= 0.6 is 11.8 Å². The molecule has 1 heterocycles. The Kier molecular flexibility index (Phi) is 4.73. The predicted molar refractivity (Wildman–Crippen MR) is 88.8 cm³/mol. The fourth-order valence-corrected chi connectivity index (χ4v) is 3.93. The van der Waals surface area contributed by atoms with Crippen molar-refractivity contribution in [1.29, 1.82) is 5.26 Å². The van der Waals surface area contributed by atoms with Gasteiger partial charge in [-0.15, -0.1) is 11.8 Å². The van der Waals surface area contributed by atoms with Crippen LogP contribution in [0.15, 0.2) is 48.5 Å². The Morgan fingerprint density at radius 2 is 1.92 bits per heavy atom. The van der Waals surface area contributed by atoms with E-state index in [9.17, 15) is 18.0 Å². The summed E-state index contributed by atoms with van der Waals surface area (Å²) >= 11 is 1.51. The number of nitrogens with zero attached hydrogens (tertiary/aromatic N) is 2. The Morgan fingerprint density at radius 3 is 2.56 bits per heavy atom. The first kappa shape index (κ1) is 17.4. The zero-order chi connectivity index (χ0) is 18.0. The van der Waals surface area contributed by atoms with Gasteiger partial charge in [0.05, 0.1) is 17.2 Å². The molecule has 0 aromatic heterocycles. The van der Waals surface area contributed by atoms with Crippen LogP contribution in [0.3, 0.4) is 0 Å².